The van der Waals surface area contributed by atoms with Gasteiger partial charge in [0, 0.05) is 41.7 Å². The van der Waals surface area contributed by atoms with Crippen LogP contribution in [0.5, 0.6) is 5.75 Å². The van der Waals surface area contributed by atoms with Gasteiger partial charge < -0.3 is 9.46 Å². The molecule has 4 rings (SSSR count). The Bertz CT molecular complexity index is 983. The van der Waals surface area contributed by atoms with Crippen LogP contribution in [0.4, 0.5) is 13.9 Å². The van der Waals surface area contributed by atoms with E-state index in [0.717, 1.165) is 41.5 Å². The highest BCUT2D eigenvalue weighted by Gasteiger charge is 2.22. The van der Waals surface area contributed by atoms with Gasteiger partial charge in [-0.1, -0.05) is 29.8 Å². The minimum atomic E-state index is -2.43. The van der Waals surface area contributed by atoms with Crippen molar-refractivity contribution in [1.82, 2.24) is 9.88 Å². The molecule has 0 aliphatic carbocycles. The Morgan fingerprint density at radius 3 is 2.77 bits per heavy atom. The maximum absolute atomic E-state index is 12.9. The number of nitrogens with zero attached hydrogens (tertiary/aromatic N) is 2. The second kappa shape index (κ2) is 10.6. The quantitative estimate of drug-likeness (QED) is 0.354. The topological polar surface area (TPSA) is 37.4 Å². The molecule has 0 unspecified atom stereocenters. The number of piperidine rings is 1. The van der Waals surface area contributed by atoms with E-state index in [-0.39, 0.29) is 11.7 Å². The van der Waals surface area contributed by atoms with E-state index in [9.17, 15) is 8.78 Å². The van der Waals surface area contributed by atoms with Crippen molar-refractivity contribution in [2.24, 2.45) is 0 Å². The van der Waals surface area contributed by atoms with Crippen molar-refractivity contribution in [3.8, 4) is 5.75 Å². The summed E-state index contributed by atoms with van der Waals surface area (Å²) < 4.78 is 35.1. The van der Waals surface area contributed by atoms with E-state index in [1.54, 1.807) is 18.3 Å². The van der Waals surface area contributed by atoms with Gasteiger partial charge in [-0.2, -0.15) is 0 Å². The summed E-state index contributed by atoms with van der Waals surface area (Å²) >= 11 is 9.43. The Kier molecular flexibility index (Phi) is 7.66. The van der Waals surface area contributed by atoms with Gasteiger partial charge in [0.2, 0.25) is 0 Å². The molecule has 1 saturated heterocycles. The van der Waals surface area contributed by atoms with E-state index < -0.39 is 6.43 Å². The third-order valence-corrected chi connectivity index (χ3v) is 6.93. The Morgan fingerprint density at radius 1 is 1.23 bits per heavy atom. The summed E-state index contributed by atoms with van der Waals surface area (Å²) in [6.07, 6.45) is 1.15. The molecule has 9 heteroatoms. The predicted octanol–water partition coefficient (Wildman–Crippen LogP) is 6.90. The Balaban J connectivity index is 1.26. The van der Waals surface area contributed by atoms with Crippen molar-refractivity contribution in [2.75, 3.05) is 17.8 Å². The SMILES string of the molecule is FC(F)c1cccc(CN2CCC(Oc3ccc(SNc4nccs4)cc3Cl)CC2)c1. The van der Waals surface area contributed by atoms with Gasteiger partial charge in [0.05, 0.1) is 5.02 Å². The molecule has 2 heterocycles. The average molecular weight is 482 g/mol. The molecule has 31 heavy (non-hydrogen) atoms. The van der Waals surface area contributed by atoms with E-state index in [1.165, 1.54) is 29.4 Å². The fourth-order valence-corrected chi connectivity index (χ4v) is 5.02. The molecule has 1 aliphatic heterocycles. The lowest BCUT2D eigenvalue weighted by Gasteiger charge is -2.32. The van der Waals surface area contributed by atoms with Crippen LogP contribution in [0.1, 0.15) is 30.4 Å². The summed E-state index contributed by atoms with van der Waals surface area (Å²) in [5, 5.41) is 3.34. The second-order valence-corrected chi connectivity index (χ2v) is 9.45. The number of nitrogens with one attached hydrogen (secondary N) is 1. The van der Waals surface area contributed by atoms with Crippen molar-refractivity contribution in [3.05, 3.63) is 70.2 Å². The van der Waals surface area contributed by atoms with Crippen LogP contribution < -0.4 is 9.46 Å². The fraction of sp³-hybridized carbons (Fsp3) is 0.318. The third-order valence-electron chi connectivity index (χ3n) is 5.03. The lowest BCUT2D eigenvalue weighted by Crippen LogP contribution is -2.37. The highest BCUT2D eigenvalue weighted by atomic mass is 35.5. The van der Waals surface area contributed by atoms with E-state index in [0.29, 0.717) is 17.3 Å². The molecular formula is C22H22ClF2N3OS2. The Hall–Kier alpha value is -1.87. The summed E-state index contributed by atoms with van der Waals surface area (Å²) in [5.41, 5.74) is 0.994. The summed E-state index contributed by atoms with van der Waals surface area (Å²) in [4.78, 5) is 7.44. The Labute approximate surface area is 193 Å². The minimum Gasteiger partial charge on any atom is -0.489 e. The molecule has 3 aromatic rings. The van der Waals surface area contributed by atoms with Crippen LogP contribution in [0.3, 0.4) is 0 Å². The standard InChI is InChI=1S/C22H22ClF2N3OS2/c23-19-13-18(31-27-22-26-8-11-30-22)4-5-20(19)29-17-6-9-28(10-7-17)14-15-2-1-3-16(12-15)21(24)25/h1-5,8,11-13,17,21H,6-7,9-10,14H2,(H,26,27). The Morgan fingerprint density at radius 2 is 2.06 bits per heavy atom. The van der Waals surface area contributed by atoms with Gasteiger partial charge in [0.25, 0.3) is 6.43 Å². The predicted molar refractivity (Wildman–Crippen MR) is 123 cm³/mol. The normalized spacial score (nSPS) is 15.4. The molecule has 2 aromatic carbocycles. The summed E-state index contributed by atoms with van der Waals surface area (Å²) in [6.45, 7) is 2.38. The van der Waals surface area contributed by atoms with Gasteiger partial charge in [0.1, 0.15) is 11.9 Å². The monoisotopic (exact) mass is 481 g/mol. The number of aromatic nitrogens is 1. The lowest BCUT2D eigenvalue weighted by atomic mass is 10.1. The van der Waals surface area contributed by atoms with E-state index in [4.69, 9.17) is 16.3 Å². The number of alkyl halides is 2. The zero-order valence-electron chi connectivity index (χ0n) is 16.6. The van der Waals surface area contributed by atoms with Gasteiger partial charge in [-0.3, -0.25) is 4.90 Å². The zero-order valence-corrected chi connectivity index (χ0v) is 19.0. The summed E-state index contributed by atoms with van der Waals surface area (Å²) in [7, 11) is 0. The van der Waals surface area contributed by atoms with Crippen LogP contribution >= 0.6 is 34.9 Å². The maximum atomic E-state index is 12.9. The zero-order chi connectivity index (χ0) is 21.6. The van der Waals surface area contributed by atoms with Crippen molar-refractivity contribution < 1.29 is 13.5 Å². The first-order valence-corrected chi connectivity index (χ1v) is 12.0. The lowest BCUT2D eigenvalue weighted by molar-refractivity contribution is 0.0967. The van der Waals surface area contributed by atoms with Crippen molar-refractivity contribution >= 4 is 40.0 Å². The van der Waals surface area contributed by atoms with Crippen molar-refractivity contribution in [1.29, 1.82) is 0 Å². The number of anilines is 1. The number of hydrogen-bond donors (Lipinski definition) is 1. The van der Waals surface area contributed by atoms with Gasteiger partial charge >= 0.3 is 0 Å². The molecule has 0 bridgehead atoms. The van der Waals surface area contributed by atoms with Crippen molar-refractivity contribution in [3.63, 3.8) is 0 Å². The molecule has 4 nitrogen and oxygen atoms in total. The van der Waals surface area contributed by atoms with Crippen molar-refractivity contribution in [2.45, 2.75) is 36.8 Å². The molecule has 0 spiro atoms. The molecule has 0 saturated carbocycles. The minimum absolute atomic E-state index is 0.0776. The van der Waals surface area contributed by atoms with E-state index in [1.807, 2.05) is 29.6 Å². The van der Waals surface area contributed by atoms with Crippen LogP contribution in [-0.2, 0) is 6.54 Å². The molecule has 1 fully saturated rings. The summed E-state index contributed by atoms with van der Waals surface area (Å²) in [6, 6.07) is 12.4. The average Bonchev–Trinajstić information content (AvgIpc) is 3.29. The maximum Gasteiger partial charge on any atom is 0.263 e. The van der Waals surface area contributed by atoms with Gasteiger partial charge in [-0.05, 0) is 54.6 Å². The van der Waals surface area contributed by atoms with Crippen LogP contribution in [0.2, 0.25) is 5.02 Å². The number of halogens is 3. The number of benzene rings is 2. The molecular weight excluding hydrogens is 460 g/mol. The first-order chi connectivity index (χ1) is 15.1. The van der Waals surface area contributed by atoms with Gasteiger partial charge in [0.15, 0.2) is 5.13 Å². The first-order valence-electron chi connectivity index (χ1n) is 9.95. The van der Waals surface area contributed by atoms with E-state index in [2.05, 4.69) is 14.6 Å². The number of likely N-dealkylation sites (tertiary alicyclic amines) is 1. The summed E-state index contributed by atoms with van der Waals surface area (Å²) in [5.74, 6) is 0.684. The molecule has 0 amide bonds. The third kappa shape index (κ3) is 6.32. The highest BCUT2D eigenvalue weighted by Crippen LogP contribution is 2.32. The number of hydrogen-bond acceptors (Lipinski definition) is 6. The van der Waals surface area contributed by atoms with E-state index >= 15 is 0 Å². The second-order valence-electron chi connectivity index (χ2n) is 7.27. The van der Waals surface area contributed by atoms with Crippen LogP contribution in [0, 0.1) is 0 Å². The molecule has 0 atom stereocenters. The number of thiazole rings is 1. The largest absolute Gasteiger partial charge is 0.489 e. The molecule has 164 valence electrons. The number of ether oxygens (including phenoxy) is 1. The molecule has 1 aliphatic rings. The van der Waals surface area contributed by atoms with Crippen LogP contribution in [0.25, 0.3) is 0 Å². The van der Waals surface area contributed by atoms with Crippen LogP contribution in [-0.4, -0.2) is 29.1 Å². The number of rotatable bonds is 8. The highest BCUT2D eigenvalue weighted by molar-refractivity contribution is 8.00. The van der Waals surface area contributed by atoms with Gasteiger partial charge in [-0.15, -0.1) is 11.3 Å². The fourth-order valence-electron chi connectivity index (χ4n) is 3.47. The first kappa shape index (κ1) is 22.3. The smallest absolute Gasteiger partial charge is 0.263 e. The van der Waals surface area contributed by atoms with Gasteiger partial charge in [-0.25, -0.2) is 13.8 Å². The molecule has 1 aromatic heterocycles. The molecule has 0 radical (unpaired) electrons. The molecule has 1 N–H and O–H groups in total. The van der Waals surface area contributed by atoms with Crippen LogP contribution in [0.15, 0.2) is 58.9 Å².